The van der Waals surface area contributed by atoms with Crippen LogP contribution < -0.4 is 5.56 Å². The smallest absolute Gasteiger partial charge is 0.268 e. The lowest BCUT2D eigenvalue weighted by molar-refractivity contribution is 0.590. The van der Waals surface area contributed by atoms with Gasteiger partial charge in [0.05, 0.1) is 5.69 Å². The maximum absolute atomic E-state index is 12.5. The minimum atomic E-state index is -0.196. The molecule has 0 radical (unpaired) electrons. The Hall–Kier alpha value is -2.34. The highest BCUT2D eigenvalue weighted by molar-refractivity contribution is 5.61. The van der Waals surface area contributed by atoms with E-state index in [1.165, 1.54) is 5.56 Å². The van der Waals surface area contributed by atoms with E-state index in [0.29, 0.717) is 6.54 Å². The van der Waals surface area contributed by atoms with Crippen molar-refractivity contribution in [1.29, 1.82) is 5.26 Å². The first-order valence-electron chi connectivity index (χ1n) is 8.13. The predicted molar refractivity (Wildman–Crippen MR) is 94.5 cm³/mol. The summed E-state index contributed by atoms with van der Waals surface area (Å²) >= 11 is 0. The molecule has 23 heavy (non-hydrogen) atoms. The molecule has 3 heteroatoms. The molecule has 0 saturated heterocycles. The standard InChI is InChI=1S/C20H24N2O/c1-5-6-13-22-18(12-9-16(14-21)19(22)23)15-7-10-17(11-8-15)20(2,3)4/h7-12H,5-6,13H2,1-4H3. The fourth-order valence-corrected chi connectivity index (χ4v) is 2.59. The van der Waals surface area contributed by atoms with Crippen molar-refractivity contribution >= 4 is 0 Å². The number of rotatable bonds is 4. The number of nitrogens with zero attached hydrogens (tertiary/aromatic N) is 2. The molecule has 1 heterocycles. The van der Waals surface area contributed by atoms with Gasteiger partial charge < -0.3 is 4.57 Å². The zero-order valence-electron chi connectivity index (χ0n) is 14.4. The maximum Gasteiger partial charge on any atom is 0.268 e. The third-order valence-electron chi connectivity index (χ3n) is 4.08. The molecule has 120 valence electrons. The first kappa shape index (κ1) is 17.0. The van der Waals surface area contributed by atoms with Crippen molar-refractivity contribution in [2.75, 3.05) is 0 Å². The van der Waals surface area contributed by atoms with Crippen LogP contribution in [0.2, 0.25) is 0 Å². The number of benzene rings is 1. The fourth-order valence-electron chi connectivity index (χ4n) is 2.59. The Kier molecular flexibility index (Phi) is 5.05. The van der Waals surface area contributed by atoms with Crippen LogP contribution in [-0.2, 0) is 12.0 Å². The number of hydrogen-bond donors (Lipinski definition) is 0. The van der Waals surface area contributed by atoms with E-state index >= 15 is 0 Å². The molecular weight excluding hydrogens is 284 g/mol. The van der Waals surface area contributed by atoms with Gasteiger partial charge in [0.15, 0.2) is 0 Å². The van der Waals surface area contributed by atoms with Crippen molar-refractivity contribution in [2.24, 2.45) is 0 Å². The van der Waals surface area contributed by atoms with Gasteiger partial charge in [0.1, 0.15) is 11.6 Å². The molecule has 0 N–H and O–H groups in total. The number of aromatic nitrogens is 1. The Bertz CT molecular complexity index is 771. The zero-order valence-corrected chi connectivity index (χ0v) is 14.4. The summed E-state index contributed by atoms with van der Waals surface area (Å²) in [5.41, 5.74) is 3.26. The Morgan fingerprint density at radius 3 is 2.26 bits per heavy atom. The average Bonchev–Trinajstić information content (AvgIpc) is 2.53. The van der Waals surface area contributed by atoms with E-state index in [-0.39, 0.29) is 16.5 Å². The van der Waals surface area contributed by atoms with Crippen LogP contribution >= 0.6 is 0 Å². The molecule has 2 aromatic rings. The summed E-state index contributed by atoms with van der Waals surface area (Å²) in [6, 6.07) is 13.8. The second-order valence-electron chi connectivity index (χ2n) is 6.88. The van der Waals surface area contributed by atoms with E-state index in [9.17, 15) is 4.79 Å². The largest absolute Gasteiger partial charge is 0.307 e. The number of hydrogen-bond acceptors (Lipinski definition) is 2. The Morgan fingerprint density at radius 2 is 1.74 bits per heavy atom. The van der Waals surface area contributed by atoms with Gasteiger partial charge >= 0.3 is 0 Å². The quantitative estimate of drug-likeness (QED) is 0.835. The van der Waals surface area contributed by atoms with Gasteiger partial charge in [0.25, 0.3) is 5.56 Å². The highest BCUT2D eigenvalue weighted by Crippen LogP contribution is 2.26. The molecule has 0 spiro atoms. The highest BCUT2D eigenvalue weighted by atomic mass is 16.1. The summed E-state index contributed by atoms with van der Waals surface area (Å²) in [5, 5.41) is 9.09. The topological polar surface area (TPSA) is 45.8 Å². The Labute approximate surface area is 138 Å². The van der Waals surface area contributed by atoms with Gasteiger partial charge in [-0.1, -0.05) is 58.4 Å². The lowest BCUT2D eigenvalue weighted by Gasteiger charge is -2.20. The van der Waals surface area contributed by atoms with Crippen LogP contribution in [0.5, 0.6) is 0 Å². The maximum atomic E-state index is 12.5. The summed E-state index contributed by atoms with van der Waals surface area (Å²) in [7, 11) is 0. The van der Waals surface area contributed by atoms with Gasteiger partial charge in [0.2, 0.25) is 0 Å². The van der Waals surface area contributed by atoms with Gasteiger partial charge in [-0.15, -0.1) is 0 Å². The molecule has 0 aliphatic carbocycles. The Balaban J connectivity index is 2.52. The van der Waals surface area contributed by atoms with Crippen molar-refractivity contribution in [3.8, 4) is 17.3 Å². The van der Waals surface area contributed by atoms with E-state index in [1.807, 2.05) is 12.1 Å². The average molecular weight is 308 g/mol. The molecule has 1 aromatic heterocycles. The zero-order chi connectivity index (χ0) is 17.0. The molecule has 0 aliphatic rings. The van der Waals surface area contributed by atoms with Crippen LogP contribution in [0.3, 0.4) is 0 Å². The van der Waals surface area contributed by atoms with Crippen molar-refractivity contribution < 1.29 is 0 Å². The molecule has 0 atom stereocenters. The van der Waals surface area contributed by atoms with Crippen LogP contribution in [0.4, 0.5) is 0 Å². The van der Waals surface area contributed by atoms with Crippen LogP contribution in [-0.4, -0.2) is 4.57 Å². The van der Waals surface area contributed by atoms with Crippen LogP contribution in [0.1, 0.15) is 51.7 Å². The molecule has 0 saturated carbocycles. The SMILES string of the molecule is CCCCn1c(-c2ccc(C(C)(C)C)cc2)ccc(C#N)c1=O. The summed E-state index contributed by atoms with van der Waals surface area (Å²) in [5.74, 6) is 0. The van der Waals surface area contributed by atoms with Crippen molar-refractivity contribution in [3.05, 3.63) is 57.9 Å². The molecule has 0 unspecified atom stereocenters. The van der Waals surface area contributed by atoms with Crippen molar-refractivity contribution in [2.45, 2.75) is 52.5 Å². The van der Waals surface area contributed by atoms with Crippen LogP contribution in [0.15, 0.2) is 41.2 Å². The lowest BCUT2D eigenvalue weighted by Crippen LogP contribution is -2.24. The summed E-state index contributed by atoms with van der Waals surface area (Å²) in [6.45, 7) is 9.28. The van der Waals surface area contributed by atoms with E-state index in [2.05, 4.69) is 52.0 Å². The van der Waals surface area contributed by atoms with Gasteiger partial charge in [-0.05, 0) is 35.1 Å². The van der Waals surface area contributed by atoms with Crippen LogP contribution in [0.25, 0.3) is 11.3 Å². The summed E-state index contributed by atoms with van der Waals surface area (Å²) in [6.07, 6.45) is 1.92. The first-order chi connectivity index (χ1) is 10.9. The van der Waals surface area contributed by atoms with Crippen molar-refractivity contribution in [3.63, 3.8) is 0 Å². The number of nitriles is 1. The van der Waals surface area contributed by atoms with Gasteiger partial charge in [-0.25, -0.2) is 0 Å². The number of unbranched alkanes of at least 4 members (excludes halogenated alkanes) is 1. The third-order valence-corrected chi connectivity index (χ3v) is 4.08. The van der Waals surface area contributed by atoms with Crippen LogP contribution in [0, 0.1) is 11.3 Å². The number of pyridine rings is 1. The van der Waals surface area contributed by atoms with E-state index < -0.39 is 0 Å². The molecule has 1 aromatic carbocycles. The van der Waals surface area contributed by atoms with Crippen molar-refractivity contribution in [1.82, 2.24) is 4.57 Å². The summed E-state index contributed by atoms with van der Waals surface area (Å²) < 4.78 is 1.73. The molecule has 2 rings (SSSR count). The first-order valence-corrected chi connectivity index (χ1v) is 8.13. The molecule has 0 bridgehead atoms. The molecule has 3 nitrogen and oxygen atoms in total. The van der Waals surface area contributed by atoms with Gasteiger partial charge in [-0.3, -0.25) is 4.79 Å². The highest BCUT2D eigenvalue weighted by Gasteiger charge is 2.14. The molecule has 0 fully saturated rings. The van der Waals surface area contributed by atoms with E-state index in [1.54, 1.807) is 10.6 Å². The second-order valence-corrected chi connectivity index (χ2v) is 6.88. The molecule has 0 amide bonds. The summed E-state index contributed by atoms with van der Waals surface area (Å²) in [4.78, 5) is 12.5. The molecule has 0 aliphatic heterocycles. The van der Waals surface area contributed by atoms with Gasteiger partial charge in [0, 0.05) is 6.54 Å². The monoisotopic (exact) mass is 308 g/mol. The fraction of sp³-hybridized carbons (Fsp3) is 0.400. The predicted octanol–water partition coefficient (Wildman–Crippen LogP) is 4.48. The van der Waals surface area contributed by atoms with E-state index in [0.717, 1.165) is 24.1 Å². The second kappa shape index (κ2) is 6.83. The van der Waals surface area contributed by atoms with E-state index in [4.69, 9.17) is 5.26 Å². The minimum absolute atomic E-state index is 0.102. The minimum Gasteiger partial charge on any atom is -0.307 e. The normalized spacial score (nSPS) is 11.3. The molecular formula is C20H24N2O. The Morgan fingerprint density at radius 1 is 1.09 bits per heavy atom. The van der Waals surface area contributed by atoms with Gasteiger partial charge in [-0.2, -0.15) is 5.26 Å². The lowest BCUT2D eigenvalue weighted by atomic mass is 9.86. The third kappa shape index (κ3) is 3.71.